The van der Waals surface area contributed by atoms with E-state index in [1.165, 1.54) is 5.56 Å². The smallest absolute Gasteiger partial charge is 0.124 e. The zero-order valence-electron chi connectivity index (χ0n) is 7.40. The highest BCUT2D eigenvalue weighted by Crippen LogP contribution is 2.10. The summed E-state index contributed by atoms with van der Waals surface area (Å²) in [5.74, 6) is 0. The van der Waals surface area contributed by atoms with Gasteiger partial charge in [0.2, 0.25) is 0 Å². The van der Waals surface area contributed by atoms with Crippen LogP contribution < -0.4 is 0 Å². The molecule has 0 saturated carbocycles. The standard InChI is InChI=1S/C11H10NO/c1-9-2-4-10(5-3-9)8-11-6-7-13-12-11/h2-8H,1H3. The third-order valence-corrected chi connectivity index (χ3v) is 1.85. The Bertz CT molecular complexity index is 361. The van der Waals surface area contributed by atoms with E-state index >= 15 is 0 Å². The summed E-state index contributed by atoms with van der Waals surface area (Å²) in [6.07, 6.45) is 3.54. The lowest BCUT2D eigenvalue weighted by atomic mass is 10.1. The largest absolute Gasteiger partial charge is 0.364 e. The van der Waals surface area contributed by atoms with Gasteiger partial charge in [-0.25, -0.2) is 0 Å². The summed E-state index contributed by atoms with van der Waals surface area (Å²) in [6, 6.07) is 10.1. The van der Waals surface area contributed by atoms with Crippen LogP contribution in [0.2, 0.25) is 0 Å². The molecule has 2 rings (SSSR count). The van der Waals surface area contributed by atoms with Crippen LogP contribution in [0.3, 0.4) is 0 Å². The van der Waals surface area contributed by atoms with Crippen molar-refractivity contribution in [2.75, 3.05) is 0 Å². The lowest BCUT2D eigenvalue weighted by molar-refractivity contribution is 0.416. The Hall–Kier alpha value is -1.57. The minimum absolute atomic E-state index is 0.851. The molecule has 0 bridgehead atoms. The first-order valence-corrected chi connectivity index (χ1v) is 4.16. The fraction of sp³-hybridized carbons (Fsp3) is 0.0909. The highest BCUT2D eigenvalue weighted by Gasteiger charge is 1.98. The number of aryl methyl sites for hydroxylation is 1. The number of rotatable bonds is 2. The molecule has 2 heteroatoms. The van der Waals surface area contributed by atoms with Crippen molar-refractivity contribution in [2.45, 2.75) is 6.92 Å². The van der Waals surface area contributed by atoms with E-state index in [2.05, 4.69) is 36.3 Å². The topological polar surface area (TPSA) is 26.0 Å². The van der Waals surface area contributed by atoms with Gasteiger partial charge in [0.1, 0.15) is 6.26 Å². The third kappa shape index (κ3) is 1.96. The van der Waals surface area contributed by atoms with Gasteiger partial charge in [-0.3, -0.25) is 0 Å². The van der Waals surface area contributed by atoms with E-state index in [0.717, 1.165) is 11.3 Å². The molecule has 0 N–H and O–H groups in total. The van der Waals surface area contributed by atoms with Crippen LogP contribution in [-0.2, 0) is 0 Å². The first kappa shape index (κ1) is 8.05. The molecule has 0 unspecified atom stereocenters. The Balaban J connectivity index is 2.15. The van der Waals surface area contributed by atoms with Gasteiger partial charge < -0.3 is 4.52 Å². The van der Waals surface area contributed by atoms with Gasteiger partial charge in [-0.05, 0) is 12.5 Å². The van der Waals surface area contributed by atoms with Crippen LogP contribution in [-0.4, -0.2) is 5.16 Å². The summed E-state index contributed by atoms with van der Waals surface area (Å²) in [4.78, 5) is 0. The zero-order chi connectivity index (χ0) is 9.10. The van der Waals surface area contributed by atoms with Gasteiger partial charge in [0.15, 0.2) is 0 Å². The molecule has 65 valence electrons. The minimum atomic E-state index is 0.851. The molecule has 13 heavy (non-hydrogen) atoms. The molecular formula is C11H10NO. The maximum absolute atomic E-state index is 4.73. The predicted molar refractivity (Wildman–Crippen MR) is 50.2 cm³/mol. The quantitative estimate of drug-likeness (QED) is 0.695. The summed E-state index contributed by atoms with van der Waals surface area (Å²) in [5.41, 5.74) is 3.25. The summed E-state index contributed by atoms with van der Waals surface area (Å²) < 4.78 is 4.73. The second-order valence-electron chi connectivity index (χ2n) is 2.98. The van der Waals surface area contributed by atoms with Crippen LogP contribution in [0, 0.1) is 13.3 Å². The fourth-order valence-electron chi connectivity index (χ4n) is 1.13. The maximum Gasteiger partial charge on any atom is 0.124 e. The van der Waals surface area contributed by atoms with Crippen molar-refractivity contribution in [3.8, 4) is 0 Å². The Morgan fingerprint density at radius 1 is 1.15 bits per heavy atom. The van der Waals surface area contributed by atoms with Gasteiger partial charge in [-0.1, -0.05) is 35.0 Å². The van der Waals surface area contributed by atoms with Crippen molar-refractivity contribution in [1.29, 1.82) is 0 Å². The zero-order valence-corrected chi connectivity index (χ0v) is 7.40. The van der Waals surface area contributed by atoms with Crippen LogP contribution >= 0.6 is 0 Å². The Kier molecular flexibility index (Phi) is 2.13. The Morgan fingerprint density at radius 2 is 1.92 bits per heavy atom. The number of benzene rings is 1. The van der Waals surface area contributed by atoms with Crippen LogP contribution in [0.25, 0.3) is 0 Å². The van der Waals surface area contributed by atoms with Gasteiger partial charge in [-0.15, -0.1) is 0 Å². The monoisotopic (exact) mass is 172 g/mol. The fourth-order valence-corrected chi connectivity index (χ4v) is 1.13. The molecule has 0 fully saturated rings. The first-order valence-electron chi connectivity index (χ1n) is 4.16. The van der Waals surface area contributed by atoms with Crippen LogP contribution in [0.4, 0.5) is 0 Å². The molecule has 1 radical (unpaired) electrons. The van der Waals surface area contributed by atoms with Crippen LogP contribution in [0.5, 0.6) is 0 Å². The van der Waals surface area contributed by atoms with Gasteiger partial charge in [0.05, 0.1) is 5.69 Å². The molecule has 1 aromatic carbocycles. The molecule has 0 spiro atoms. The first-order chi connectivity index (χ1) is 6.34. The molecule has 0 aliphatic carbocycles. The molecule has 1 heterocycles. The van der Waals surface area contributed by atoms with E-state index in [1.807, 2.05) is 12.5 Å². The Labute approximate surface area is 77.2 Å². The lowest BCUT2D eigenvalue weighted by Gasteiger charge is -1.97. The second-order valence-corrected chi connectivity index (χ2v) is 2.98. The van der Waals surface area contributed by atoms with Gasteiger partial charge in [0, 0.05) is 12.5 Å². The molecule has 0 saturated heterocycles. The summed E-state index contributed by atoms with van der Waals surface area (Å²) >= 11 is 0. The van der Waals surface area contributed by atoms with E-state index in [4.69, 9.17) is 4.52 Å². The molecule has 0 aliphatic heterocycles. The van der Waals surface area contributed by atoms with E-state index in [0.29, 0.717) is 0 Å². The average molecular weight is 172 g/mol. The minimum Gasteiger partial charge on any atom is -0.364 e. The van der Waals surface area contributed by atoms with Crippen molar-refractivity contribution in [3.05, 3.63) is 59.8 Å². The van der Waals surface area contributed by atoms with Crippen molar-refractivity contribution >= 4 is 0 Å². The number of nitrogens with zero attached hydrogens (tertiary/aromatic N) is 1. The van der Waals surface area contributed by atoms with Crippen molar-refractivity contribution in [3.63, 3.8) is 0 Å². The summed E-state index contributed by atoms with van der Waals surface area (Å²) in [7, 11) is 0. The van der Waals surface area contributed by atoms with E-state index in [9.17, 15) is 0 Å². The average Bonchev–Trinajstić information content (AvgIpc) is 2.62. The molecular weight excluding hydrogens is 162 g/mol. The molecule has 1 aromatic heterocycles. The third-order valence-electron chi connectivity index (χ3n) is 1.85. The Morgan fingerprint density at radius 3 is 2.54 bits per heavy atom. The molecule has 2 aromatic rings. The summed E-state index contributed by atoms with van der Waals surface area (Å²) in [5, 5.41) is 3.80. The predicted octanol–water partition coefficient (Wildman–Crippen LogP) is 2.58. The normalized spacial score (nSPS) is 10.2. The van der Waals surface area contributed by atoms with Crippen molar-refractivity contribution < 1.29 is 4.52 Å². The van der Waals surface area contributed by atoms with Gasteiger partial charge >= 0.3 is 0 Å². The molecule has 2 nitrogen and oxygen atoms in total. The van der Waals surface area contributed by atoms with Crippen molar-refractivity contribution in [1.82, 2.24) is 5.16 Å². The number of hydrogen-bond acceptors (Lipinski definition) is 2. The van der Waals surface area contributed by atoms with Gasteiger partial charge in [0.25, 0.3) is 0 Å². The number of hydrogen-bond donors (Lipinski definition) is 0. The van der Waals surface area contributed by atoms with Crippen LogP contribution in [0.1, 0.15) is 16.8 Å². The highest BCUT2D eigenvalue weighted by molar-refractivity contribution is 5.33. The van der Waals surface area contributed by atoms with Gasteiger partial charge in [-0.2, -0.15) is 0 Å². The van der Waals surface area contributed by atoms with Crippen LogP contribution in [0.15, 0.2) is 41.1 Å². The van der Waals surface area contributed by atoms with E-state index < -0.39 is 0 Å². The molecule has 0 aliphatic rings. The number of aromatic nitrogens is 1. The molecule has 0 amide bonds. The highest BCUT2D eigenvalue weighted by atomic mass is 16.5. The lowest BCUT2D eigenvalue weighted by Crippen LogP contribution is -1.84. The van der Waals surface area contributed by atoms with Crippen molar-refractivity contribution in [2.24, 2.45) is 0 Å². The van der Waals surface area contributed by atoms with E-state index in [-0.39, 0.29) is 0 Å². The SMILES string of the molecule is Cc1ccc([CH]c2ccon2)cc1. The van der Waals surface area contributed by atoms with E-state index in [1.54, 1.807) is 6.26 Å². The maximum atomic E-state index is 4.73. The summed E-state index contributed by atoms with van der Waals surface area (Å²) in [6.45, 7) is 2.07. The molecule has 0 atom stereocenters. The second kappa shape index (κ2) is 3.44.